The van der Waals surface area contributed by atoms with Crippen molar-refractivity contribution >= 4 is 17.9 Å². The second-order valence-corrected chi connectivity index (χ2v) is 15.3. The normalized spacial score (nSPS) is 12.4. The highest BCUT2D eigenvalue weighted by atomic mass is 16.6. The van der Waals surface area contributed by atoms with E-state index in [2.05, 4.69) is 69.4 Å². The zero-order valence-corrected chi connectivity index (χ0v) is 36.2. The molecule has 0 aliphatic carbocycles. The van der Waals surface area contributed by atoms with E-state index in [-0.39, 0.29) is 31.1 Å². The highest BCUT2D eigenvalue weighted by molar-refractivity contribution is 5.71. The highest BCUT2D eigenvalue weighted by Gasteiger charge is 2.19. The zero-order chi connectivity index (χ0) is 40.1. The van der Waals surface area contributed by atoms with Crippen molar-refractivity contribution in [1.29, 1.82) is 0 Å². The summed E-state index contributed by atoms with van der Waals surface area (Å²) in [7, 11) is 0. The third kappa shape index (κ3) is 42.4. The summed E-state index contributed by atoms with van der Waals surface area (Å²) in [5.74, 6) is -0.896. The van der Waals surface area contributed by atoms with Crippen molar-refractivity contribution in [2.45, 2.75) is 232 Å². The van der Waals surface area contributed by atoms with Gasteiger partial charge in [-0.05, 0) is 57.8 Å². The fraction of sp³-hybridized carbons (Fsp3) is 0.776. The molecule has 6 heteroatoms. The maximum absolute atomic E-state index is 12.7. The number of carbonyl (C=O) groups is 3. The first-order valence-electron chi connectivity index (χ1n) is 23.1. The van der Waals surface area contributed by atoms with Crippen LogP contribution in [0.15, 0.2) is 48.6 Å². The van der Waals surface area contributed by atoms with Crippen LogP contribution in [0.5, 0.6) is 0 Å². The number of esters is 3. The summed E-state index contributed by atoms with van der Waals surface area (Å²) in [4.78, 5) is 37.6. The van der Waals surface area contributed by atoms with Crippen LogP contribution >= 0.6 is 0 Å². The van der Waals surface area contributed by atoms with E-state index in [9.17, 15) is 14.4 Å². The fourth-order valence-corrected chi connectivity index (χ4v) is 6.37. The van der Waals surface area contributed by atoms with Gasteiger partial charge in [0.05, 0.1) is 0 Å². The predicted molar refractivity (Wildman–Crippen MR) is 233 cm³/mol. The van der Waals surface area contributed by atoms with Gasteiger partial charge in [-0.15, -0.1) is 0 Å². The van der Waals surface area contributed by atoms with E-state index in [1.165, 1.54) is 96.3 Å². The topological polar surface area (TPSA) is 78.9 Å². The molecule has 0 rings (SSSR count). The number of unbranched alkanes of at least 4 members (excludes halogenated alkanes) is 22. The van der Waals surface area contributed by atoms with Gasteiger partial charge in [-0.3, -0.25) is 14.4 Å². The summed E-state index contributed by atoms with van der Waals surface area (Å²) >= 11 is 0. The number of carbonyl (C=O) groups excluding carboxylic acids is 3. The zero-order valence-electron chi connectivity index (χ0n) is 36.2. The van der Waals surface area contributed by atoms with Gasteiger partial charge in [0.1, 0.15) is 13.2 Å². The van der Waals surface area contributed by atoms with Gasteiger partial charge in [0.25, 0.3) is 0 Å². The summed E-state index contributed by atoms with van der Waals surface area (Å²) in [6.07, 6.45) is 51.0. The number of allylic oxidation sites excluding steroid dienone is 8. The van der Waals surface area contributed by atoms with Crippen molar-refractivity contribution in [2.75, 3.05) is 13.2 Å². The van der Waals surface area contributed by atoms with Crippen LogP contribution in [0.25, 0.3) is 0 Å². The molecule has 1 atom stereocenters. The second-order valence-electron chi connectivity index (χ2n) is 15.3. The fourth-order valence-electron chi connectivity index (χ4n) is 6.37. The predicted octanol–water partition coefficient (Wildman–Crippen LogP) is 14.8. The summed E-state index contributed by atoms with van der Waals surface area (Å²) in [6, 6.07) is 0. The van der Waals surface area contributed by atoms with Crippen LogP contribution in [0.1, 0.15) is 226 Å². The van der Waals surface area contributed by atoms with E-state index in [4.69, 9.17) is 14.2 Å². The number of ether oxygens (including phenoxy) is 3. The van der Waals surface area contributed by atoms with E-state index in [0.717, 1.165) is 89.9 Å². The van der Waals surface area contributed by atoms with Crippen LogP contribution in [0, 0.1) is 0 Å². The molecule has 0 aromatic rings. The van der Waals surface area contributed by atoms with Crippen LogP contribution in [0.4, 0.5) is 0 Å². The molecule has 0 bridgehead atoms. The minimum atomic E-state index is -0.771. The summed E-state index contributed by atoms with van der Waals surface area (Å²) in [5.41, 5.74) is 0. The van der Waals surface area contributed by atoms with Gasteiger partial charge < -0.3 is 14.2 Å². The monoisotopic (exact) mass is 771 g/mol. The molecule has 0 heterocycles. The minimum absolute atomic E-state index is 0.0759. The van der Waals surface area contributed by atoms with Crippen LogP contribution in [0.2, 0.25) is 0 Å². The molecule has 6 nitrogen and oxygen atoms in total. The molecule has 55 heavy (non-hydrogen) atoms. The van der Waals surface area contributed by atoms with E-state index in [1.54, 1.807) is 0 Å². The summed E-state index contributed by atoms with van der Waals surface area (Å²) in [5, 5.41) is 0. The molecule has 0 aliphatic heterocycles. The third-order valence-corrected chi connectivity index (χ3v) is 9.85. The lowest BCUT2D eigenvalue weighted by atomic mass is 10.1. The maximum Gasteiger partial charge on any atom is 0.306 e. The smallest absolute Gasteiger partial charge is 0.306 e. The molecule has 0 aliphatic rings. The Morgan fingerprint density at radius 1 is 0.382 bits per heavy atom. The Kier molecular flexibility index (Phi) is 42.0. The van der Waals surface area contributed by atoms with Crippen molar-refractivity contribution in [3.8, 4) is 0 Å². The highest BCUT2D eigenvalue weighted by Crippen LogP contribution is 2.14. The standard InChI is InChI=1S/C49H86O6/c1-4-7-10-13-16-18-20-21-22-23-24-25-26-27-29-30-33-36-39-42-48(51)54-45-46(44-53-47(50)41-38-35-32-15-12-9-6-3)55-49(52)43-40-37-34-31-28-19-17-14-11-8-5-2/h7,10,16,18,21-22,24-25,46H,4-6,8-9,11-15,17,19-20,23,26-45H2,1-3H3/b10-7-,18-16-,22-21-,25-24-. The van der Waals surface area contributed by atoms with Crippen molar-refractivity contribution in [1.82, 2.24) is 0 Å². The molecular weight excluding hydrogens is 685 g/mol. The molecule has 0 saturated carbocycles. The van der Waals surface area contributed by atoms with Crippen molar-refractivity contribution in [3.63, 3.8) is 0 Å². The molecule has 1 unspecified atom stereocenters. The summed E-state index contributed by atoms with van der Waals surface area (Å²) in [6.45, 7) is 6.46. The molecule has 0 radical (unpaired) electrons. The van der Waals surface area contributed by atoms with Gasteiger partial charge in [0.2, 0.25) is 0 Å². The molecule has 0 amide bonds. The molecular formula is C49H86O6. The van der Waals surface area contributed by atoms with Gasteiger partial charge >= 0.3 is 17.9 Å². The molecule has 318 valence electrons. The Hall–Kier alpha value is -2.63. The first kappa shape index (κ1) is 52.4. The maximum atomic E-state index is 12.7. The third-order valence-electron chi connectivity index (χ3n) is 9.85. The molecule has 0 aromatic heterocycles. The lowest BCUT2D eigenvalue weighted by Gasteiger charge is -2.18. The second kappa shape index (κ2) is 44.1. The van der Waals surface area contributed by atoms with E-state index >= 15 is 0 Å². The van der Waals surface area contributed by atoms with Crippen molar-refractivity contribution in [2.24, 2.45) is 0 Å². The Morgan fingerprint density at radius 3 is 1.11 bits per heavy atom. The van der Waals surface area contributed by atoms with Gasteiger partial charge in [-0.2, -0.15) is 0 Å². The quantitative estimate of drug-likeness (QED) is 0.0267. The molecule has 0 N–H and O–H groups in total. The van der Waals surface area contributed by atoms with Crippen LogP contribution < -0.4 is 0 Å². The van der Waals surface area contributed by atoms with E-state index in [0.29, 0.717) is 19.3 Å². The van der Waals surface area contributed by atoms with Crippen molar-refractivity contribution < 1.29 is 28.6 Å². The SMILES string of the molecule is CC/C=C\C/C=C\C/C=C\C/C=C\CCCCCCCCC(=O)OCC(COC(=O)CCCCCCCCC)OC(=O)CCCCCCCCCCCCC. The Morgan fingerprint density at radius 2 is 0.709 bits per heavy atom. The first-order chi connectivity index (χ1) is 27.0. The number of rotatable bonds is 41. The number of hydrogen-bond donors (Lipinski definition) is 0. The largest absolute Gasteiger partial charge is 0.462 e. The van der Waals surface area contributed by atoms with Crippen LogP contribution in [0.3, 0.4) is 0 Å². The average Bonchev–Trinajstić information content (AvgIpc) is 3.18. The van der Waals surface area contributed by atoms with Gasteiger partial charge in [-0.1, -0.05) is 198 Å². The minimum Gasteiger partial charge on any atom is -0.462 e. The lowest BCUT2D eigenvalue weighted by molar-refractivity contribution is -0.167. The van der Waals surface area contributed by atoms with Crippen LogP contribution in [-0.2, 0) is 28.6 Å². The van der Waals surface area contributed by atoms with Gasteiger partial charge in [0, 0.05) is 19.3 Å². The van der Waals surface area contributed by atoms with E-state index < -0.39 is 6.10 Å². The van der Waals surface area contributed by atoms with Crippen molar-refractivity contribution in [3.05, 3.63) is 48.6 Å². The Balaban J connectivity index is 4.27. The molecule has 0 saturated heterocycles. The van der Waals surface area contributed by atoms with E-state index in [1.807, 2.05) is 0 Å². The Labute approximate surface area is 339 Å². The molecule has 0 spiro atoms. The van der Waals surface area contributed by atoms with Gasteiger partial charge in [0.15, 0.2) is 6.10 Å². The molecule has 0 fully saturated rings. The number of hydrogen-bond acceptors (Lipinski definition) is 6. The Bertz CT molecular complexity index is 980. The lowest BCUT2D eigenvalue weighted by Crippen LogP contribution is -2.30. The van der Waals surface area contributed by atoms with Gasteiger partial charge in [-0.25, -0.2) is 0 Å². The molecule has 0 aromatic carbocycles. The first-order valence-corrected chi connectivity index (χ1v) is 23.1. The van der Waals surface area contributed by atoms with Crippen LogP contribution in [-0.4, -0.2) is 37.2 Å². The summed E-state index contributed by atoms with van der Waals surface area (Å²) < 4.78 is 16.6. The average molecular weight is 771 g/mol.